The van der Waals surface area contributed by atoms with Gasteiger partial charge in [0.05, 0.1) is 13.5 Å². The number of aromatic nitrogens is 1. The number of carboxylic acid groups (broad SMARTS) is 1. The molecule has 0 radical (unpaired) electrons. The summed E-state index contributed by atoms with van der Waals surface area (Å²) in [4.78, 5) is 25.1. The van der Waals surface area contributed by atoms with E-state index in [0.717, 1.165) is 0 Å². The third-order valence-corrected chi connectivity index (χ3v) is 1.70. The lowest BCUT2D eigenvalue weighted by molar-refractivity contribution is -0.137. The second kappa shape index (κ2) is 6.31. The van der Waals surface area contributed by atoms with E-state index in [1.54, 1.807) is 18.2 Å². The molecule has 0 aliphatic carbocycles. The minimum atomic E-state index is -0.950. The molecule has 0 unspecified atom stereocenters. The Labute approximate surface area is 97.4 Å². The minimum absolute atomic E-state index is 0.0179. The summed E-state index contributed by atoms with van der Waals surface area (Å²) in [5.74, 6) is -0.446. The van der Waals surface area contributed by atoms with Crippen molar-refractivity contribution < 1.29 is 24.2 Å². The van der Waals surface area contributed by atoms with Gasteiger partial charge in [-0.1, -0.05) is 6.07 Å². The Morgan fingerprint density at radius 3 is 2.88 bits per heavy atom. The van der Waals surface area contributed by atoms with E-state index in [1.165, 1.54) is 7.11 Å². The molecular weight excluding hydrogens is 228 g/mol. The molecule has 1 heterocycles. The summed E-state index contributed by atoms with van der Waals surface area (Å²) < 4.78 is 9.49. The van der Waals surface area contributed by atoms with E-state index in [4.69, 9.17) is 9.84 Å². The lowest BCUT2D eigenvalue weighted by Gasteiger charge is -2.06. The Bertz CT molecular complexity index is 407. The number of aliphatic carboxylic acids is 1. The van der Waals surface area contributed by atoms with Crippen LogP contribution in [0.15, 0.2) is 18.2 Å². The Kier molecular flexibility index (Phi) is 4.74. The van der Waals surface area contributed by atoms with E-state index >= 15 is 0 Å². The van der Waals surface area contributed by atoms with Gasteiger partial charge in [0.15, 0.2) is 0 Å². The Hall–Kier alpha value is -2.31. The maximum Gasteiger partial charge on any atom is 0.412 e. The van der Waals surface area contributed by atoms with Crippen LogP contribution < -0.4 is 10.1 Å². The summed E-state index contributed by atoms with van der Waals surface area (Å²) in [6.07, 6.45) is -0.753. The number of anilines is 1. The number of hydrogen-bond donors (Lipinski definition) is 2. The highest BCUT2D eigenvalue weighted by Gasteiger charge is 2.04. The van der Waals surface area contributed by atoms with E-state index in [2.05, 4.69) is 15.0 Å². The largest absolute Gasteiger partial charge is 0.481 e. The van der Waals surface area contributed by atoms with Gasteiger partial charge in [0, 0.05) is 6.07 Å². The number of ether oxygens (including phenoxy) is 2. The molecule has 0 atom stereocenters. The highest BCUT2D eigenvalue weighted by atomic mass is 16.5. The maximum absolute atomic E-state index is 10.9. The molecule has 92 valence electrons. The predicted molar refractivity (Wildman–Crippen MR) is 58.0 cm³/mol. The number of pyridine rings is 1. The number of nitrogens with zero attached hydrogens (tertiary/aromatic N) is 1. The highest BCUT2D eigenvalue weighted by molar-refractivity contribution is 5.83. The van der Waals surface area contributed by atoms with Crippen molar-refractivity contribution >= 4 is 17.9 Å². The molecule has 1 aromatic heterocycles. The minimum Gasteiger partial charge on any atom is -0.481 e. The first-order valence-electron chi connectivity index (χ1n) is 4.78. The lowest BCUT2D eigenvalue weighted by Crippen LogP contribution is -2.12. The quantitative estimate of drug-likeness (QED) is 0.800. The summed E-state index contributed by atoms with van der Waals surface area (Å²) in [5, 5.41) is 10.8. The van der Waals surface area contributed by atoms with Crippen LogP contribution >= 0.6 is 0 Å². The molecule has 1 rings (SSSR count). The first-order chi connectivity index (χ1) is 8.11. The Balaban J connectivity index is 2.53. The fourth-order valence-corrected chi connectivity index (χ4v) is 0.963. The van der Waals surface area contributed by atoms with Crippen LogP contribution in [0.5, 0.6) is 5.88 Å². The van der Waals surface area contributed by atoms with Gasteiger partial charge in [-0.2, -0.15) is 4.98 Å². The normalized spacial score (nSPS) is 9.47. The second-order valence-corrected chi connectivity index (χ2v) is 2.97. The van der Waals surface area contributed by atoms with Crippen molar-refractivity contribution in [2.45, 2.75) is 6.42 Å². The summed E-state index contributed by atoms with van der Waals surface area (Å²) in [5.41, 5.74) is 0. The van der Waals surface area contributed by atoms with Crippen molar-refractivity contribution in [1.82, 2.24) is 4.98 Å². The second-order valence-electron chi connectivity index (χ2n) is 2.97. The molecule has 0 fully saturated rings. The predicted octanol–water partition coefficient (Wildman–Crippen LogP) is 1.11. The van der Waals surface area contributed by atoms with E-state index in [0.29, 0.717) is 0 Å². The van der Waals surface area contributed by atoms with Crippen molar-refractivity contribution in [3.8, 4) is 5.88 Å². The number of carbonyl (C=O) groups is 2. The van der Waals surface area contributed by atoms with Gasteiger partial charge in [-0.05, 0) is 6.07 Å². The van der Waals surface area contributed by atoms with Crippen LogP contribution in [0.25, 0.3) is 0 Å². The molecular formula is C10H12N2O5. The van der Waals surface area contributed by atoms with Crippen molar-refractivity contribution in [2.75, 3.05) is 19.0 Å². The monoisotopic (exact) mass is 240 g/mol. The first kappa shape index (κ1) is 12.8. The van der Waals surface area contributed by atoms with Crippen molar-refractivity contribution in [3.05, 3.63) is 18.2 Å². The molecule has 0 bridgehead atoms. The van der Waals surface area contributed by atoms with Gasteiger partial charge in [-0.3, -0.25) is 10.1 Å². The van der Waals surface area contributed by atoms with Gasteiger partial charge in [0.1, 0.15) is 12.4 Å². The van der Waals surface area contributed by atoms with Crippen molar-refractivity contribution in [3.63, 3.8) is 0 Å². The number of carboxylic acids is 1. The van der Waals surface area contributed by atoms with Gasteiger partial charge in [0.2, 0.25) is 5.88 Å². The number of rotatable bonds is 5. The lowest BCUT2D eigenvalue weighted by atomic mass is 10.4. The van der Waals surface area contributed by atoms with Crippen LogP contribution in [0.2, 0.25) is 0 Å². The fourth-order valence-electron chi connectivity index (χ4n) is 0.963. The van der Waals surface area contributed by atoms with Gasteiger partial charge < -0.3 is 14.6 Å². The first-order valence-corrected chi connectivity index (χ1v) is 4.78. The molecule has 0 aliphatic heterocycles. The van der Waals surface area contributed by atoms with Crippen molar-refractivity contribution in [2.24, 2.45) is 0 Å². The average molecular weight is 240 g/mol. The Morgan fingerprint density at radius 2 is 2.24 bits per heavy atom. The zero-order valence-electron chi connectivity index (χ0n) is 9.17. The van der Waals surface area contributed by atoms with Crippen LogP contribution in [-0.4, -0.2) is 35.9 Å². The molecule has 1 aromatic rings. The molecule has 0 saturated heterocycles. The molecule has 2 N–H and O–H groups in total. The van der Waals surface area contributed by atoms with Gasteiger partial charge >= 0.3 is 12.1 Å². The Morgan fingerprint density at radius 1 is 1.47 bits per heavy atom. The van der Waals surface area contributed by atoms with Crippen LogP contribution in [0.1, 0.15) is 6.42 Å². The van der Waals surface area contributed by atoms with E-state index in [9.17, 15) is 9.59 Å². The zero-order chi connectivity index (χ0) is 12.7. The topological polar surface area (TPSA) is 97.8 Å². The SMILES string of the molecule is COC(=O)Nc1cccc(OCCC(=O)O)n1. The van der Waals surface area contributed by atoms with Gasteiger partial charge in [-0.25, -0.2) is 4.79 Å². The third-order valence-electron chi connectivity index (χ3n) is 1.70. The van der Waals surface area contributed by atoms with Gasteiger partial charge in [0.25, 0.3) is 0 Å². The number of methoxy groups -OCH3 is 1. The summed E-state index contributed by atoms with van der Waals surface area (Å²) in [7, 11) is 1.24. The zero-order valence-corrected chi connectivity index (χ0v) is 9.17. The van der Waals surface area contributed by atoms with Crippen LogP contribution in [0, 0.1) is 0 Å². The molecule has 0 spiro atoms. The number of amides is 1. The summed E-state index contributed by atoms with van der Waals surface area (Å²) in [6, 6.07) is 4.74. The highest BCUT2D eigenvalue weighted by Crippen LogP contribution is 2.11. The summed E-state index contributed by atoms with van der Waals surface area (Å²) in [6.45, 7) is 0.0179. The van der Waals surface area contributed by atoms with Crippen LogP contribution in [-0.2, 0) is 9.53 Å². The molecule has 0 aliphatic rings. The summed E-state index contributed by atoms with van der Waals surface area (Å²) >= 11 is 0. The standard InChI is InChI=1S/C10H12N2O5/c1-16-10(15)12-7-3-2-4-8(11-7)17-6-5-9(13)14/h2-4H,5-6H2,1H3,(H,13,14)(H,11,12,15). The van der Waals surface area contributed by atoms with E-state index in [-0.39, 0.29) is 24.7 Å². The number of nitrogens with one attached hydrogen (secondary N) is 1. The van der Waals surface area contributed by atoms with Crippen LogP contribution in [0.4, 0.5) is 10.6 Å². The molecule has 0 saturated carbocycles. The van der Waals surface area contributed by atoms with Crippen LogP contribution in [0.3, 0.4) is 0 Å². The molecule has 0 aromatic carbocycles. The molecule has 7 heteroatoms. The van der Waals surface area contributed by atoms with Gasteiger partial charge in [-0.15, -0.1) is 0 Å². The van der Waals surface area contributed by atoms with E-state index < -0.39 is 12.1 Å². The smallest absolute Gasteiger partial charge is 0.412 e. The number of carbonyl (C=O) groups excluding carboxylic acids is 1. The van der Waals surface area contributed by atoms with E-state index in [1.807, 2.05) is 0 Å². The molecule has 17 heavy (non-hydrogen) atoms. The van der Waals surface area contributed by atoms with Crippen molar-refractivity contribution in [1.29, 1.82) is 0 Å². The average Bonchev–Trinajstić information content (AvgIpc) is 2.29. The fraction of sp³-hybridized carbons (Fsp3) is 0.300. The number of hydrogen-bond acceptors (Lipinski definition) is 5. The third kappa shape index (κ3) is 4.83. The maximum atomic E-state index is 10.9. The molecule has 7 nitrogen and oxygen atoms in total. The molecule has 1 amide bonds.